The summed E-state index contributed by atoms with van der Waals surface area (Å²) in [6, 6.07) is 15.5. The molecule has 176 valence electrons. The molecule has 9 heteroatoms. The van der Waals surface area contributed by atoms with E-state index in [1.54, 1.807) is 30.5 Å². The summed E-state index contributed by atoms with van der Waals surface area (Å²) >= 11 is 0. The predicted octanol–water partition coefficient (Wildman–Crippen LogP) is 4.12. The molecule has 0 atom stereocenters. The number of benzene rings is 2. The van der Waals surface area contributed by atoms with E-state index in [0.29, 0.717) is 35.4 Å². The van der Waals surface area contributed by atoms with Crippen LogP contribution in [0.5, 0.6) is 17.4 Å². The molecule has 1 aromatic heterocycles. The van der Waals surface area contributed by atoms with Crippen molar-refractivity contribution in [2.45, 2.75) is 27.3 Å². The number of nitrogens with zero attached hydrogens (tertiary/aromatic N) is 1. The second-order valence-corrected chi connectivity index (χ2v) is 7.33. The van der Waals surface area contributed by atoms with E-state index in [1.807, 2.05) is 25.1 Å². The van der Waals surface area contributed by atoms with Crippen molar-refractivity contribution < 1.29 is 23.9 Å². The van der Waals surface area contributed by atoms with Crippen molar-refractivity contribution in [3.05, 3.63) is 71.9 Å². The molecule has 0 spiro atoms. The van der Waals surface area contributed by atoms with Crippen LogP contribution in [0, 0.1) is 0 Å². The molecular weight excluding hydrogens is 436 g/mol. The summed E-state index contributed by atoms with van der Waals surface area (Å²) in [6.07, 6.45) is 1.61. The van der Waals surface area contributed by atoms with Gasteiger partial charge >= 0.3 is 0 Å². The minimum absolute atomic E-state index is 0.224. The Morgan fingerprint density at radius 3 is 2.09 bits per heavy atom. The number of pyridine rings is 1. The molecule has 3 rings (SSSR count). The zero-order valence-corrected chi connectivity index (χ0v) is 19.2. The fourth-order valence-corrected chi connectivity index (χ4v) is 3.09. The van der Waals surface area contributed by atoms with E-state index in [-0.39, 0.29) is 29.8 Å². The third kappa shape index (κ3) is 7.06. The lowest BCUT2D eigenvalue weighted by Gasteiger charge is -2.12. The van der Waals surface area contributed by atoms with Crippen LogP contribution in [0.15, 0.2) is 60.8 Å². The van der Waals surface area contributed by atoms with Gasteiger partial charge < -0.3 is 25.4 Å². The lowest BCUT2D eigenvalue weighted by atomic mass is 10.1. The summed E-state index contributed by atoms with van der Waals surface area (Å²) in [7, 11) is 0. The van der Waals surface area contributed by atoms with E-state index in [2.05, 4.69) is 20.9 Å². The number of hydrogen-bond donors (Lipinski definition) is 3. The SMILES string of the molecule is CCOc1ccccc1Oc1ccc(CNC(=O)c2cc(NC(C)=O)cc(NC(C)=O)c2)cn1. The number of nitrogens with one attached hydrogen (secondary N) is 3. The molecule has 0 radical (unpaired) electrons. The van der Waals surface area contributed by atoms with E-state index < -0.39 is 0 Å². The highest BCUT2D eigenvalue weighted by Gasteiger charge is 2.11. The Balaban J connectivity index is 1.66. The van der Waals surface area contributed by atoms with Crippen LogP contribution >= 0.6 is 0 Å². The second-order valence-electron chi connectivity index (χ2n) is 7.33. The van der Waals surface area contributed by atoms with Crippen LogP contribution in [0.25, 0.3) is 0 Å². The molecule has 3 aromatic rings. The van der Waals surface area contributed by atoms with Gasteiger partial charge in [0.25, 0.3) is 5.91 Å². The number of aromatic nitrogens is 1. The Morgan fingerprint density at radius 1 is 0.882 bits per heavy atom. The molecule has 0 aliphatic heterocycles. The lowest BCUT2D eigenvalue weighted by molar-refractivity contribution is -0.115. The van der Waals surface area contributed by atoms with Gasteiger partial charge in [0.05, 0.1) is 6.61 Å². The van der Waals surface area contributed by atoms with Crippen LogP contribution in [0.4, 0.5) is 11.4 Å². The minimum Gasteiger partial charge on any atom is -0.490 e. The molecule has 0 fully saturated rings. The lowest BCUT2D eigenvalue weighted by Crippen LogP contribution is -2.23. The summed E-state index contributed by atoms with van der Waals surface area (Å²) in [6.45, 7) is 5.37. The monoisotopic (exact) mass is 462 g/mol. The normalized spacial score (nSPS) is 10.2. The number of hydrogen-bond acceptors (Lipinski definition) is 6. The number of ether oxygens (including phenoxy) is 2. The van der Waals surface area contributed by atoms with Crippen molar-refractivity contribution >= 4 is 29.1 Å². The van der Waals surface area contributed by atoms with E-state index in [9.17, 15) is 14.4 Å². The fourth-order valence-electron chi connectivity index (χ4n) is 3.09. The Hall–Kier alpha value is -4.40. The third-order valence-electron chi connectivity index (χ3n) is 4.45. The highest BCUT2D eigenvalue weighted by atomic mass is 16.5. The zero-order valence-electron chi connectivity index (χ0n) is 19.2. The number of carbonyl (C=O) groups excluding carboxylic acids is 3. The average molecular weight is 463 g/mol. The van der Waals surface area contributed by atoms with Gasteiger partial charge in [-0.1, -0.05) is 18.2 Å². The maximum atomic E-state index is 12.7. The van der Waals surface area contributed by atoms with Crippen molar-refractivity contribution in [3.8, 4) is 17.4 Å². The van der Waals surface area contributed by atoms with Crippen molar-refractivity contribution in [1.82, 2.24) is 10.3 Å². The topological polar surface area (TPSA) is 119 Å². The summed E-state index contributed by atoms with van der Waals surface area (Å²) in [5.41, 5.74) is 1.85. The molecule has 3 amide bonds. The number of rotatable bonds is 9. The number of para-hydroxylation sites is 2. The van der Waals surface area contributed by atoms with Crippen LogP contribution < -0.4 is 25.4 Å². The van der Waals surface area contributed by atoms with E-state index in [1.165, 1.54) is 26.0 Å². The molecule has 0 aliphatic rings. The molecule has 3 N–H and O–H groups in total. The summed E-state index contributed by atoms with van der Waals surface area (Å²) in [5.74, 6) is 0.636. The quantitative estimate of drug-likeness (QED) is 0.440. The van der Waals surface area contributed by atoms with Gasteiger partial charge in [-0.2, -0.15) is 0 Å². The second kappa shape index (κ2) is 11.5. The molecule has 0 saturated carbocycles. The number of carbonyl (C=O) groups is 3. The number of anilines is 2. The Bertz CT molecular complexity index is 1140. The predicted molar refractivity (Wildman–Crippen MR) is 128 cm³/mol. The molecule has 0 unspecified atom stereocenters. The van der Waals surface area contributed by atoms with E-state index in [0.717, 1.165) is 5.56 Å². The largest absolute Gasteiger partial charge is 0.490 e. The molecular formula is C25H26N4O5. The number of amides is 3. The van der Waals surface area contributed by atoms with Crippen molar-refractivity contribution in [3.63, 3.8) is 0 Å². The minimum atomic E-state index is -0.371. The molecule has 2 aromatic carbocycles. The summed E-state index contributed by atoms with van der Waals surface area (Å²) < 4.78 is 11.4. The fraction of sp³-hybridized carbons (Fsp3) is 0.200. The Morgan fingerprint density at radius 2 is 1.53 bits per heavy atom. The summed E-state index contributed by atoms with van der Waals surface area (Å²) in [5, 5.41) is 8.05. The van der Waals surface area contributed by atoms with Crippen LogP contribution in [-0.2, 0) is 16.1 Å². The van der Waals surface area contributed by atoms with Gasteiger partial charge in [0.15, 0.2) is 11.5 Å². The van der Waals surface area contributed by atoms with Crippen LogP contribution in [-0.4, -0.2) is 29.3 Å². The molecule has 0 bridgehead atoms. The van der Waals surface area contributed by atoms with Crippen molar-refractivity contribution in [2.75, 3.05) is 17.2 Å². The first kappa shape index (κ1) is 24.2. The van der Waals surface area contributed by atoms with E-state index in [4.69, 9.17) is 9.47 Å². The van der Waals surface area contributed by atoms with Crippen LogP contribution in [0.3, 0.4) is 0 Å². The zero-order chi connectivity index (χ0) is 24.5. The van der Waals surface area contributed by atoms with Gasteiger partial charge in [0.1, 0.15) is 0 Å². The first-order chi connectivity index (χ1) is 16.3. The van der Waals surface area contributed by atoms with Gasteiger partial charge in [0.2, 0.25) is 17.7 Å². The average Bonchev–Trinajstić information content (AvgIpc) is 2.79. The third-order valence-corrected chi connectivity index (χ3v) is 4.45. The van der Waals surface area contributed by atoms with Crippen LogP contribution in [0.1, 0.15) is 36.7 Å². The van der Waals surface area contributed by atoms with E-state index >= 15 is 0 Å². The molecule has 0 saturated heterocycles. The Kier molecular flexibility index (Phi) is 8.17. The van der Waals surface area contributed by atoms with Gasteiger partial charge in [-0.25, -0.2) is 4.98 Å². The molecule has 0 aliphatic carbocycles. The molecule has 1 heterocycles. The van der Waals surface area contributed by atoms with Gasteiger partial charge in [0, 0.05) is 49.6 Å². The smallest absolute Gasteiger partial charge is 0.251 e. The molecule has 9 nitrogen and oxygen atoms in total. The standard InChI is InChI=1S/C25H26N4O5/c1-4-33-22-7-5-6-8-23(22)34-24-10-9-18(14-26-24)15-27-25(32)19-11-20(28-16(2)30)13-21(12-19)29-17(3)31/h5-14H,4,15H2,1-3H3,(H,27,32)(H,28,30)(H,29,31). The highest BCUT2D eigenvalue weighted by molar-refractivity contribution is 5.99. The maximum Gasteiger partial charge on any atom is 0.251 e. The molecule has 34 heavy (non-hydrogen) atoms. The van der Waals surface area contributed by atoms with Gasteiger partial charge in [-0.15, -0.1) is 0 Å². The van der Waals surface area contributed by atoms with Crippen molar-refractivity contribution in [1.29, 1.82) is 0 Å². The van der Waals surface area contributed by atoms with Crippen LogP contribution in [0.2, 0.25) is 0 Å². The first-order valence-electron chi connectivity index (χ1n) is 10.7. The van der Waals surface area contributed by atoms with Gasteiger partial charge in [-0.3, -0.25) is 14.4 Å². The van der Waals surface area contributed by atoms with Gasteiger partial charge in [-0.05, 0) is 42.8 Å². The van der Waals surface area contributed by atoms with Crippen molar-refractivity contribution in [2.24, 2.45) is 0 Å². The highest BCUT2D eigenvalue weighted by Crippen LogP contribution is 2.30. The summed E-state index contributed by atoms with van der Waals surface area (Å²) in [4.78, 5) is 39.8. The maximum absolute atomic E-state index is 12.7. The Labute approximate surface area is 197 Å². The first-order valence-corrected chi connectivity index (χ1v) is 10.7.